The van der Waals surface area contributed by atoms with Crippen LogP contribution in [0.2, 0.25) is 5.02 Å². The Morgan fingerprint density at radius 1 is 1.33 bits per heavy atom. The zero-order chi connectivity index (χ0) is 15.2. The van der Waals surface area contributed by atoms with Crippen LogP contribution in [0.25, 0.3) is 0 Å². The smallest absolute Gasteiger partial charge is 0.323 e. The Balaban J connectivity index is 2.25. The van der Waals surface area contributed by atoms with Crippen LogP contribution in [0.4, 0.5) is 5.69 Å². The van der Waals surface area contributed by atoms with E-state index in [4.69, 9.17) is 21.4 Å². The summed E-state index contributed by atoms with van der Waals surface area (Å²) in [7, 11) is 1.54. The number of aliphatic carboxylic acids is 1. The molecule has 2 aromatic rings. The molecule has 0 radical (unpaired) electrons. The van der Waals surface area contributed by atoms with Gasteiger partial charge in [0.1, 0.15) is 6.54 Å². The third kappa shape index (κ3) is 4.36. The zero-order valence-corrected chi connectivity index (χ0v) is 12.2. The molecule has 1 N–H and O–H groups in total. The monoisotopic (exact) mass is 306 g/mol. The maximum absolute atomic E-state index is 11.1. The number of ether oxygens (including phenoxy) is 1. The molecule has 1 aromatic carbocycles. The van der Waals surface area contributed by atoms with Gasteiger partial charge in [-0.3, -0.25) is 4.79 Å². The summed E-state index contributed by atoms with van der Waals surface area (Å²) >= 11 is 5.97. The van der Waals surface area contributed by atoms with Crippen molar-refractivity contribution < 1.29 is 14.6 Å². The summed E-state index contributed by atoms with van der Waals surface area (Å²) in [6.45, 7) is 0.211. The van der Waals surface area contributed by atoms with E-state index in [2.05, 4.69) is 4.98 Å². The molecule has 21 heavy (non-hydrogen) atoms. The second-order valence-corrected chi connectivity index (χ2v) is 4.84. The van der Waals surface area contributed by atoms with Gasteiger partial charge >= 0.3 is 5.97 Å². The van der Waals surface area contributed by atoms with Crippen LogP contribution in [0.15, 0.2) is 42.5 Å². The minimum absolute atomic E-state index is 0.140. The van der Waals surface area contributed by atoms with Crippen LogP contribution < -0.4 is 9.64 Å². The molecule has 1 heterocycles. The number of rotatable bonds is 6. The predicted molar refractivity (Wildman–Crippen MR) is 80.9 cm³/mol. The second-order valence-electron chi connectivity index (χ2n) is 4.40. The first-order valence-electron chi connectivity index (χ1n) is 6.30. The standard InChI is InChI=1S/C15H15ClN2O3/c1-21-14-7-3-5-12(17-14)9-18(10-15(19)20)13-6-2-4-11(16)8-13/h2-8H,9-10H2,1H3,(H,19,20). The van der Waals surface area contributed by atoms with Crippen molar-refractivity contribution in [2.45, 2.75) is 6.54 Å². The Labute approximate surface area is 127 Å². The first kappa shape index (κ1) is 15.1. The van der Waals surface area contributed by atoms with Crippen LogP contribution >= 0.6 is 11.6 Å². The van der Waals surface area contributed by atoms with Gasteiger partial charge < -0.3 is 14.7 Å². The number of carbonyl (C=O) groups is 1. The van der Waals surface area contributed by atoms with Crippen molar-refractivity contribution in [3.05, 3.63) is 53.2 Å². The van der Waals surface area contributed by atoms with Crippen molar-refractivity contribution in [3.63, 3.8) is 0 Å². The van der Waals surface area contributed by atoms with Crippen molar-refractivity contribution in [1.29, 1.82) is 0 Å². The molecule has 6 heteroatoms. The molecule has 0 aliphatic heterocycles. The number of halogens is 1. The predicted octanol–water partition coefficient (Wildman–Crippen LogP) is 2.83. The van der Waals surface area contributed by atoms with Gasteiger partial charge in [-0.15, -0.1) is 0 Å². The van der Waals surface area contributed by atoms with Gasteiger partial charge in [0.05, 0.1) is 19.3 Å². The highest BCUT2D eigenvalue weighted by atomic mass is 35.5. The van der Waals surface area contributed by atoms with Crippen molar-refractivity contribution in [2.24, 2.45) is 0 Å². The Morgan fingerprint density at radius 2 is 2.10 bits per heavy atom. The zero-order valence-electron chi connectivity index (χ0n) is 11.5. The minimum atomic E-state index is -0.919. The fourth-order valence-corrected chi connectivity index (χ4v) is 2.11. The second kappa shape index (κ2) is 6.95. The van der Waals surface area contributed by atoms with Crippen LogP contribution in [-0.2, 0) is 11.3 Å². The topological polar surface area (TPSA) is 62.7 Å². The van der Waals surface area contributed by atoms with Crippen LogP contribution in [-0.4, -0.2) is 29.7 Å². The summed E-state index contributed by atoms with van der Waals surface area (Å²) < 4.78 is 5.08. The number of aromatic nitrogens is 1. The number of carboxylic acids is 1. The Morgan fingerprint density at radius 3 is 2.76 bits per heavy atom. The summed E-state index contributed by atoms with van der Waals surface area (Å²) in [4.78, 5) is 17.0. The van der Waals surface area contributed by atoms with E-state index in [9.17, 15) is 4.79 Å². The molecule has 0 amide bonds. The molecule has 0 bridgehead atoms. The maximum Gasteiger partial charge on any atom is 0.323 e. The van der Waals surface area contributed by atoms with E-state index in [1.54, 1.807) is 29.2 Å². The van der Waals surface area contributed by atoms with Gasteiger partial charge in [-0.2, -0.15) is 0 Å². The molecule has 0 unspecified atom stereocenters. The van der Waals surface area contributed by atoms with Gasteiger partial charge in [-0.25, -0.2) is 4.98 Å². The van der Waals surface area contributed by atoms with Crippen LogP contribution in [0.3, 0.4) is 0 Å². The lowest BCUT2D eigenvalue weighted by atomic mass is 10.2. The van der Waals surface area contributed by atoms with Crippen LogP contribution in [0, 0.1) is 0 Å². The molecule has 0 atom stereocenters. The largest absolute Gasteiger partial charge is 0.481 e. The summed E-state index contributed by atoms with van der Waals surface area (Å²) in [5.41, 5.74) is 1.45. The normalized spacial score (nSPS) is 10.2. The molecule has 110 valence electrons. The quantitative estimate of drug-likeness (QED) is 0.889. The molecule has 0 fully saturated rings. The van der Waals surface area contributed by atoms with Crippen molar-refractivity contribution in [3.8, 4) is 5.88 Å². The number of hydrogen-bond donors (Lipinski definition) is 1. The van der Waals surface area contributed by atoms with Crippen LogP contribution in [0.5, 0.6) is 5.88 Å². The number of pyridine rings is 1. The van der Waals surface area contributed by atoms with Crippen molar-refractivity contribution in [2.75, 3.05) is 18.6 Å². The minimum Gasteiger partial charge on any atom is -0.481 e. The maximum atomic E-state index is 11.1. The molecule has 0 saturated heterocycles. The lowest BCUT2D eigenvalue weighted by Crippen LogP contribution is -2.29. The van der Waals surface area contributed by atoms with Gasteiger partial charge in [-0.05, 0) is 24.3 Å². The third-order valence-corrected chi connectivity index (χ3v) is 3.08. The van der Waals surface area contributed by atoms with Gasteiger partial charge in [0.15, 0.2) is 0 Å². The summed E-state index contributed by atoms with van der Waals surface area (Å²) in [5, 5.41) is 9.63. The molecule has 0 saturated carbocycles. The number of hydrogen-bond acceptors (Lipinski definition) is 4. The van der Waals surface area contributed by atoms with E-state index in [1.165, 1.54) is 7.11 Å². The number of methoxy groups -OCH3 is 1. The Hall–Kier alpha value is -2.27. The van der Waals surface area contributed by atoms with Crippen LogP contribution in [0.1, 0.15) is 5.69 Å². The van der Waals surface area contributed by atoms with E-state index in [-0.39, 0.29) is 6.54 Å². The van der Waals surface area contributed by atoms with Gasteiger partial charge in [0.2, 0.25) is 5.88 Å². The molecular weight excluding hydrogens is 292 g/mol. The molecule has 2 rings (SSSR count). The van der Waals surface area contributed by atoms with Gasteiger partial charge in [0.25, 0.3) is 0 Å². The van der Waals surface area contributed by atoms with Crippen molar-refractivity contribution >= 4 is 23.3 Å². The summed E-state index contributed by atoms with van der Waals surface area (Å²) in [6.07, 6.45) is 0. The Kier molecular flexibility index (Phi) is 5.00. The highest BCUT2D eigenvalue weighted by molar-refractivity contribution is 6.30. The first-order chi connectivity index (χ1) is 10.1. The molecular formula is C15H15ClN2O3. The fourth-order valence-electron chi connectivity index (χ4n) is 1.93. The summed E-state index contributed by atoms with van der Waals surface area (Å²) in [5.74, 6) is -0.424. The van der Waals surface area contributed by atoms with Crippen molar-refractivity contribution in [1.82, 2.24) is 4.98 Å². The molecule has 0 aliphatic carbocycles. The van der Waals surface area contributed by atoms with Gasteiger partial charge in [0, 0.05) is 16.8 Å². The third-order valence-electron chi connectivity index (χ3n) is 2.84. The van der Waals surface area contributed by atoms with E-state index in [1.807, 2.05) is 18.2 Å². The molecule has 0 spiro atoms. The highest BCUT2D eigenvalue weighted by Gasteiger charge is 2.13. The first-order valence-corrected chi connectivity index (χ1v) is 6.68. The fraction of sp³-hybridized carbons (Fsp3) is 0.200. The number of benzene rings is 1. The number of carboxylic acid groups (broad SMARTS) is 1. The average Bonchev–Trinajstić information content (AvgIpc) is 2.46. The number of anilines is 1. The lowest BCUT2D eigenvalue weighted by molar-refractivity contribution is -0.135. The Bertz CT molecular complexity index is 634. The number of nitrogens with zero attached hydrogens (tertiary/aromatic N) is 2. The van der Waals surface area contributed by atoms with E-state index < -0.39 is 5.97 Å². The van der Waals surface area contributed by atoms with E-state index >= 15 is 0 Å². The average molecular weight is 307 g/mol. The lowest BCUT2D eigenvalue weighted by Gasteiger charge is -2.22. The molecule has 5 nitrogen and oxygen atoms in total. The van der Waals surface area contributed by atoms with E-state index in [0.717, 1.165) is 11.4 Å². The van der Waals surface area contributed by atoms with Gasteiger partial charge in [-0.1, -0.05) is 23.7 Å². The summed E-state index contributed by atoms with van der Waals surface area (Å²) in [6, 6.07) is 12.4. The van der Waals surface area contributed by atoms with E-state index in [0.29, 0.717) is 17.4 Å². The SMILES string of the molecule is COc1cccc(CN(CC(=O)O)c2cccc(Cl)c2)n1. The highest BCUT2D eigenvalue weighted by Crippen LogP contribution is 2.21. The molecule has 1 aromatic heterocycles. The molecule has 0 aliphatic rings.